The summed E-state index contributed by atoms with van der Waals surface area (Å²) in [5, 5.41) is 10.4. The van der Waals surface area contributed by atoms with E-state index >= 15 is 0 Å². The Morgan fingerprint density at radius 3 is 2.95 bits per heavy atom. The fourth-order valence-corrected chi connectivity index (χ4v) is 2.46. The Labute approximate surface area is 130 Å². The zero-order valence-electron chi connectivity index (χ0n) is 13.4. The molecule has 122 valence electrons. The van der Waals surface area contributed by atoms with Crippen LogP contribution in [0.2, 0.25) is 0 Å². The van der Waals surface area contributed by atoms with Crippen LogP contribution in [0.4, 0.5) is 0 Å². The van der Waals surface area contributed by atoms with E-state index in [0.29, 0.717) is 11.7 Å². The van der Waals surface area contributed by atoms with Crippen molar-refractivity contribution in [3.63, 3.8) is 0 Å². The smallest absolute Gasteiger partial charge is 0.313 e. The van der Waals surface area contributed by atoms with Crippen molar-refractivity contribution in [3.8, 4) is 0 Å². The van der Waals surface area contributed by atoms with Gasteiger partial charge in [0.15, 0.2) is 0 Å². The third-order valence-corrected chi connectivity index (χ3v) is 3.91. The molecule has 1 aliphatic rings. The Hall–Kier alpha value is -1.89. The molecule has 7 heteroatoms. The topological polar surface area (TPSA) is 85.2 Å². The van der Waals surface area contributed by atoms with Crippen LogP contribution in [0.25, 0.3) is 0 Å². The van der Waals surface area contributed by atoms with E-state index in [4.69, 9.17) is 4.74 Å². The second kappa shape index (κ2) is 6.91. The fraction of sp³-hybridized carbons (Fsp3) is 0.667. The maximum absolute atomic E-state index is 12.1. The van der Waals surface area contributed by atoms with Gasteiger partial charge < -0.3 is 15.4 Å². The van der Waals surface area contributed by atoms with Gasteiger partial charge in [0.1, 0.15) is 5.69 Å². The maximum Gasteiger partial charge on any atom is 0.313 e. The van der Waals surface area contributed by atoms with Gasteiger partial charge in [0.05, 0.1) is 18.6 Å². The molecule has 1 aromatic heterocycles. The van der Waals surface area contributed by atoms with Crippen LogP contribution in [0, 0.1) is 5.41 Å². The predicted molar refractivity (Wildman–Crippen MR) is 81.5 cm³/mol. The Kier molecular flexibility index (Phi) is 5.18. The van der Waals surface area contributed by atoms with E-state index in [1.807, 2.05) is 10.9 Å². The number of hydrogen-bond acceptors (Lipinski definition) is 5. The van der Waals surface area contributed by atoms with Crippen molar-refractivity contribution in [1.29, 1.82) is 0 Å². The van der Waals surface area contributed by atoms with Gasteiger partial charge in [-0.3, -0.25) is 14.3 Å². The molecule has 0 spiro atoms. The van der Waals surface area contributed by atoms with Gasteiger partial charge in [0.25, 0.3) is 5.91 Å². The molecular formula is C15H24N4O3. The quantitative estimate of drug-likeness (QED) is 0.784. The summed E-state index contributed by atoms with van der Waals surface area (Å²) in [5.41, 5.74) is -0.397. The third kappa shape index (κ3) is 3.85. The SMILES string of the molecule is COC(=O)C(C)(C)CNC(=O)c1ccn(C2CCCNC2)n1. The van der Waals surface area contributed by atoms with Gasteiger partial charge in [-0.1, -0.05) is 0 Å². The Bertz CT molecular complexity index is 533. The van der Waals surface area contributed by atoms with Gasteiger partial charge in [-0.2, -0.15) is 5.10 Å². The van der Waals surface area contributed by atoms with E-state index in [2.05, 4.69) is 15.7 Å². The number of carbonyl (C=O) groups excluding carboxylic acids is 2. The largest absolute Gasteiger partial charge is 0.469 e. The van der Waals surface area contributed by atoms with Gasteiger partial charge in [-0.15, -0.1) is 0 Å². The first-order chi connectivity index (χ1) is 10.4. The van der Waals surface area contributed by atoms with Gasteiger partial charge in [0.2, 0.25) is 0 Å². The molecule has 2 heterocycles. The summed E-state index contributed by atoms with van der Waals surface area (Å²) < 4.78 is 6.56. The standard InChI is InChI=1S/C15H24N4O3/c1-15(2,14(21)22-3)10-17-13(20)12-6-8-19(18-12)11-5-4-7-16-9-11/h6,8,11,16H,4-5,7,9-10H2,1-3H3,(H,17,20). The van der Waals surface area contributed by atoms with Crippen LogP contribution >= 0.6 is 0 Å². The zero-order valence-corrected chi connectivity index (χ0v) is 13.4. The first-order valence-corrected chi connectivity index (χ1v) is 7.56. The van der Waals surface area contributed by atoms with Crippen LogP contribution in [0.15, 0.2) is 12.3 Å². The number of carbonyl (C=O) groups is 2. The molecule has 22 heavy (non-hydrogen) atoms. The van der Waals surface area contributed by atoms with Crippen LogP contribution in [0.5, 0.6) is 0 Å². The van der Waals surface area contributed by atoms with Crippen molar-refractivity contribution in [2.45, 2.75) is 32.7 Å². The minimum absolute atomic E-state index is 0.205. The average Bonchev–Trinajstić information content (AvgIpc) is 3.02. The maximum atomic E-state index is 12.1. The number of piperidine rings is 1. The molecule has 1 unspecified atom stereocenters. The summed E-state index contributed by atoms with van der Waals surface area (Å²) in [6.07, 6.45) is 4.00. The molecule has 2 N–H and O–H groups in total. The number of ether oxygens (including phenoxy) is 1. The molecule has 7 nitrogen and oxygen atoms in total. The second-order valence-corrected chi connectivity index (χ2v) is 6.24. The van der Waals surface area contributed by atoms with Gasteiger partial charge in [-0.05, 0) is 39.3 Å². The summed E-state index contributed by atoms with van der Waals surface area (Å²) >= 11 is 0. The highest BCUT2D eigenvalue weighted by atomic mass is 16.5. The summed E-state index contributed by atoms with van der Waals surface area (Å²) in [7, 11) is 1.34. The number of hydrogen-bond donors (Lipinski definition) is 2. The minimum atomic E-state index is -0.764. The predicted octanol–water partition coefficient (Wildman–Crippen LogP) is 0.737. The van der Waals surface area contributed by atoms with Gasteiger partial charge in [0, 0.05) is 19.3 Å². The van der Waals surface area contributed by atoms with E-state index in [0.717, 1.165) is 25.9 Å². The third-order valence-electron chi connectivity index (χ3n) is 3.91. The fourth-order valence-electron chi connectivity index (χ4n) is 2.46. The lowest BCUT2D eigenvalue weighted by Crippen LogP contribution is -2.39. The molecule has 1 aliphatic heterocycles. The number of methoxy groups -OCH3 is 1. The zero-order chi connectivity index (χ0) is 16.2. The Balaban J connectivity index is 1.93. The molecule has 1 atom stereocenters. The molecule has 0 radical (unpaired) electrons. The van der Waals surface area contributed by atoms with Crippen molar-refractivity contribution < 1.29 is 14.3 Å². The molecule has 1 aromatic rings. The number of aromatic nitrogens is 2. The average molecular weight is 308 g/mol. The summed E-state index contributed by atoms with van der Waals surface area (Å²) in [4.78, 5) is 23.7. The van der Waals surface area contributed by atoms with Crippen molar-refractivity contribution in [3.05, 3.63) is 18.0 Å². The second-order valence-electron chi connectivity index (χ2n) is 6.24. The van der Waals surface area contributed by atoms with Crippen molar-refractivity contribution >= 4 is 11.9 Å². The number of nitrogens with zero attached hydrogens (tertiary/aromatic N) is 2. The highest BCUT2D eigenvalue weighted by molar-refractivity contribution is 5.92. The number of esters is 1. The number of nitrogens with one attached hydrogen (secondary N) is 2. The number of amides is 1. The highest BCUT2D eigenvalue weighted by Crippen LogP contribution is 2.17. The van der Waals surface area contributed by atoms with Gasteiger partial charge in [-0.25, -0.2) is 0 Å². The van der Waals surface area contributed by atoms with E-state index in [-0.39, 0.29) is 18.4 Å². The highest BCUT2D eigenvalue weighted by Gasteiger charge is 2.29. The normalized spacial score (nSPS) is 18.8. The lowest BCUT2D eigenvalue weighted by molar-refractivity contribution is -0.150. The molecule has 0 aliphatic carbocycles. The van der Waals surface area contributed by atoms with E-state index < -0.39 is 5.41 Å². The van der Waals surface area contributed by atoms with E-state index in [9.17, 15) is 9.59 Å². The van der Waals surface area contributed by atoms with Crippen LogP contribution in [0.3, 0.4) is 0 Å². The first-order valence-electron chi connectivity index (χ1n) is 7.56. The van der Waals surface area contributed by atoms with Crippen molar-refractivity contribution in [2.75, 3.05) is 26.7 Å². The number of rotatable bonds is 5. The molecule has 1 amide bonds. The monoisotopic (exact) mass is 308 g/mol. The first kappa shape index (κ1) is 16.5. The minimum Gasteiger partial charge on any atom is -0.469 e. The molecule has 1 fully saturated rings. The van der Waals surface area contributed by atoms with Crippen LogP contribution in [-0.4, -0.2) is 48.4 Å². The van der Waals surface area contributed by atoms with Crippen molar-refractivity contribution in [1.82, 2.24) is 20.4 Å². The molecule has 0 saturated carbocycles. The molecule has 0 bridgehead atoms. The van der Waals surface area contributed by atoms with Crippen LogP contribution in [0.1, 0.15) is 43.2 Å². The summed E-state index contributed by atoms with van der Waals surface area (Å²) in [6, 6.07) is 2.00. The summed E-state index contributed by atoms with van der Waals surface area (Å²) in [5.74, 6) is -0.633. The molecule has 1 saturated heterocycles. The van der Waals surface area contributed by atoms with E-state index in [1.54, 1.807) is 19.9 Å². The van der Waals surface area contributed by atoms with Gasteiger partial charge >= 0.3 is 5.97 Å². The lowest BCUT2D eigenvalue weighted by atomic mass is 9.94. The molecule has 0 aromatic carbocycles. The van der Waals surface area contributed by atoms with Crippen LogP contribution in [-0.2, 0) is 9.53 Å². The van der Waals surface area contributed by atoms with Crippen molar-refractivity contribution in [2.24, 2.45) is 5.41 Å². The van der Waals surface area contributed by atoms with E-state index in [1.165, 1.54) is 7.11 Å². The lowest BCUT2D eigenvalue weighted by Gasteiger charge is -2.23. The summed E-state index contributed by atoms with van der Waals surface area (Å²) in [6.45, 7) is 5.57. The van der Waals surface area contributed by atoms with Crippen LogP contribution < -0.4 is 10.6 Å². The molecular weight excluding hydrogens is 284 g/mol. The molecule has 2 rings (SSSR count). The Morgan fingerprint density at radius 2 is 2.32 bits per heavy atom. The Morgan fingerprint density at radius 1 is 1.55 bits per heavy atom.